The van der Waals surface area contributed by atoms with Gasteiger partial charge in [-0.15, -0.1) is 10.2 Å². The third-order valence-corrected chi connectivity index (χ3v) is 5.72. The van der Waals surface area contributed by atoms with Crippen LogP contribution in [0, 0.1) is 20.8 Å². The molecule has 0 aliphatic carbocycles. The molecule has 1 aliphatic heterocycles. The first-order valence-corrected chi connectivity index (χ1v) is 9.93. The molecule has 7 heteroatoms. The van der Waals surface area contributed by atoms with Crippen molar-refractivity contribution in [2.75, 3.05) is 4.90 Å². The first kappa shape index (κ1) is 19.0. The molecular weight excluding hydrogens is 386 g/mol. The number of carbonyl (C=O) groups is 2. The summed E-state index contributed by atoms with van der Waals surface area (Å²) in [7, 11) is 0. The maximum Gasteiger partial charge on any atom is 0.301 e. The summed E-state index contributed by atoms with van der Waals surface area (Å²) >= 11 is 1.23. The number of benzene rings is 2. The number of rotatable bonds is 3. The normalized spacial score (nSPS) is 18.4. The number of aliphatic hydroxyl groups is 1. The van der Waals surface area contributed by atoms with E-state index in [0.717, 1.165) is 16.7 Å². The number of hydrogen-bond donors (Lipinski definition) is 1. The van der Waals surface area contributed by atoms with Crippen molar-refractivity contribution < 1.29 is 14.7 Å². The summed E-state index contributed by atoms with van der Waals surface area (Å²) in [5, 5.41) is 20.1. The van der Waals surface area contributed by atoms with Crippen molar-refractivity contribution in [3.63, 3.8) is 0 Å². The molecule has 2 aromatic carbocycles. The second kappa shape index (κ2) is 7.25. The highest BCUT2D eigenvalue weighted by atomic mass is 32.1. The molecule has 1 saturated heterocycles. The van der Waals surface area contributed by atoms with Gasteiger partial charge in [0.2, 0.25) is 5.13 Å². The minimum absolute atomic E-state index is 0.0514. The first-order valence-electron chi connectivity index (χ1n) is 9.11. The molecule has 1 aliphatic rings. The van der Waals surface area contributed by atoms with Gasteiger partial charge in [-0.2, -0.15) is 0 Å². The molecule has 0 saturated carbocycles. The van der Waals surface area contributed by atoms with Crippen LogP contribution < -0.4 is 4.90 Å². The van der Waals surface area contributed by atoms with Crippen molar-refractivity contribution in [1.29, 1.82) is 0 Å². The van der Waals surface area contributed by atoms with Gasteiger partial charge in [-0.05, 0) is 26.3 Å². The Balaban J connectivity index is 1.93. The zero-order valence-corrected chi connectivity index (χ0v) is 17.0. The predicted molar refractivity (Wildman–Crippen MR) is 112 cm³/mol. The van der Waals surface area contributed by atoms with Crippen LogP contribution in [0.3, 0.4) is 0 Å². The Morgan fingerprint density at radius 3 is 2.07 bits per heavy atom. The second-order valence-electron chi connectivity index (χ2n) is 7.05. The van der Waals surface area contributed by atoms with Crippen molar-refractivity contribution in [1.82, 2.24) is 10.2 Å². The van der Waals surface area contributed by atoms with Crippen LogP contribution in [-0.2, 0) is 9.59 Å². The Morgan fingerprint density at radius 1 is 0.931 bits per heavy atom. The Kier molecular flexibility index (Phi) is 4.76. The Morgan fingerprint density at radius 2 is 1.52 bits per heavy atom. The minimum atomic E-state index is -0.774. The summed E-state index contributed by atoms with van der Waals surface area (Å²) in [4.78, 5) is 27.2. The zero-order valence-electron chi connectivity index (χ0n) is 16.2. The second-order valence-corrected chi connectivity index (χ2v) is 8.21. The monoisotopic (exact) mass is 405 g/mol. The third-order valence-electron chi connectivity index (χ3n) is 4.88. The van der Waals surface area contributed by atoms with E-state index < -0.39 is 17.7 Å². The van der Waals surface area contributed by atoms with E-state index >= 15 is 0 Å². The molecule has 29 heavy (non-hydrogen) atoms. The Labute approximate surface area is 172 Å². The molecule has 146 valence electrons. The quantitative estimate of drug-likeness (QED) is 0.403. The van der Waals surface area contributed by atoms with Crippen molar-refractivity contribution in [2.24, 2.45) is 0 Å². The molecule has 1 fully saturated rings. The van der Waals surface area contributed by atoms with Gasteiger partial charge in [0.15, 0.2) is 0 Å². The average Bonchev–Trinajstić information content (AvgIpc) is 3.24. The molecule has 1 aromatic heterocycles. The van der Waals surface area contributed by atoms with Crippen LogP contribution in [0.2, 0.25) is 0 Å². The lowest BCUT2D eigenvalue weighted by Gasteiger charge is -2.22. The fraction of sp³-hybridized carbons (Fsp3) is 0.182. The van der Waals surface area contributed by atoms with Crippen LogP contribution in [0.1, 0.15) is 33.3 Å². The molecule has 6 nitrogen and oxygen atoms in total. The van der Waals surface area contributed by atoms with E-state index in [4.69, 9.17) is 0 Å². The molecule has 1 atom stereocenters. The van der Waals surface area contributed by atoms with Crippen LogP contribution in [0.5, 0.6) is 0 Å². The minimum Gasteiger partial charge on any atom is -0.507 e. The highest BCUT2D eigenvalue weighted by Gasteiger charge is 2.48. The van der Waals surface area contributed by atoms with Crippen molar-refractivity contribution in [3.05, 3.63) is 81.4 Å². The molecule has 0 spiro atoms. The fourth-order valence-corrected chi connectivity index (χ4v) is 4.06. The number of nitrogens with zero attached hydrogens (tertiary/aromatic N) is 3. The number of aliphatic hydroxyl groups excluding tert-OH is 1. The largest absolute Gasteiger partial charge is 0.507 e. The number of aromatic nitrogens is 2. The van der Waals surface area contributed by atoms with Crippen LogP contribution in [0.15, 0.2) is 54.1 Å². The van der Waals surface area contributed by atoms with Crippen LogP contribution >= 0.6 is 11.3 Å². The topological polar surface area (TPSA) is 83.4 Å². The number of ketones is 1. The van der Waals surface area contributed by atoms with Gasteiger partial charge in [0, 0.05) is 5.56 Å². The molecule has 0 radical (unpaired) electrons. The van der Waals surface area contributed by atoms with Crippen LogP contribution in [0.25, 0.3) is 5.76 Å². The molecule has 4 rings (SSSR count). The van der Waals surface area contributed by atoms with Gasteiger partial charge < -0.3 is 5.11 Å². The van der Waals surface area contributed by atoms with Gasteiger partial charge in [0.1, 0.15) is 10.8 Å². The number of amides is 1. The molecule has 3 aromatic rings. The number of anilines is 1. The van der Waals surface area contributed by atoms with E-state index in [1.807, 2.05) is 50.2 Å². The van der Waals surface area contributed by atoms with E-state index in [1.54, 1.807) is 19.1 Å². The summed E-state index contributed by atoms with van der Waals surface area (Å²) in [6, 6.07) is 13.9. The van der Waals surface area contributed by atoms with E-state index in [9.17, 15) is 14.7 Å². The summed E-state index contributed by atoms with van der Waals surface area (Å²) in [6.07, 6.45) is 0. The highest BCUT2D eigenvalue weighted by Crippen LogP contribution is 2.42. The Hall–Kier alpha value is -3.32. The van der Waals surface area contributed by atoms with Gasteiger partial charge in [0.25, 0.3) is 5.78 Å². The molecule has 1 amide bonds. The summed E-state index contributed by atoms with van der Waals surface area (Å²) in [5.74, 6) is -1.65. The molecule has 2 heterocycles. The van der Waals surface area contributed by atoms with Gasteiger partial charge in [-0.3, -0.25) is 14.5 Å². The van der Waals surface area contributed by atoms with Gasteiger partial charge in [-0.1, -0.05) is 71.0 Å². The standard InChI is InChI=1S/C22H19N3O3S/c1-12-4-8-15(9-5-12)18-17(19(26)16-10-6-13(2)7-11-16)20(27)21(28)25(18)22-24-23-14(3)29-22/h4-11,18,26H,1-3H3/t18-/m0/s1. The van der Waals surface area contributed by atoms with E-state index in [0.29, 0.717) is 15.7 Å². The lowest BCUT2D eigenvalue weighted by atomic mass is 9.94. The summed E-state index contributed by atoms with van der Waals surface area (Å²) in [6.45, 7) is 5.68. The zero-order chi connectivity index (χ0) is 20.7. The third kappa shape index (κ3) is 3.34. The van der Waals surface area contributed by atoms with Gasteiger partial charge in [-0.25, -0.2) is 0 Å². The van der Waals surface area contributed by atoms with Crippen LogP contribution in [-0.4, -0.2) is 27.0 Å². The molecular formula is C22H19N3O3S. The lowest BCUT2D eigenvalue weighted by molar-refractivity contribution is -0.132. The molecule has 0 unspecified atom stereocenters. The van der Waals surface area contributed by atoms with E-state index in [1.165, 1.54) is 16.2 Å². The predicted octanol–water partition coefficient (Wildman–Crippen LogP) is 4.09. The van der Waals surface area contributed by atoms with Crippen molar-refractivity contribution in [3.8, 4) is 0 Å². The van der Waals surface area contributed by atoms with Crippen LogP contribution in [0.4, 0.5) is 5.13 Å². The van der Waals surface area contributed by atoms with Crippen molar-refractivity contribution in [2.45, 2.75) is 26.8 Å². The molecule has 1 N–H and O–H groups in total. The van der Waals surface area contributed by atoms with E-state index in [-0.39, 0.29) is 11.3 Å². The maximum absolute atomic E-state index is 13.0. The Bertz CT molecular complexity index is 1130. The first-order chi connectivity index (χ1) is 13.9. The fourth-order valence-electron chi connectivity index (χ4n) is 3.34. The SMILES string of the molecule is Cc1ccc(C(O)=C2C(=O)C(=O)N(c3nnc(C)s3)[C@H]2c2ccc(C)cc2)cc1. The van der Waals surface area contributed by atoms with E-state index in [2.05, 4.69) is 10.2 Å². The number of Topliss-reactive ketones (excluding diaryl/α,β-unsaturated/α-hetero) is 1. The number of carbonyl (C=O) groups excluding carboxylic acids is 2. The number of hydrogen-bond acceptors (Lipinski definition) is 6. The number of aryl methyl sites for hydroxylation is 3. The smallest absolute Gasteiger partial charge is 0.301 e. The maximum atomic E-state index is 13.0. The highest BCUT2D eigenvalue weighted by molar-refractivity contribution is 7.15. The lowest BCUT2D eigenvalue weighted by Crippen LogP contribution is -2.29. The van der Waals surface area contributed by atoms with Crippen molar-refractivity contribution >= 4 is 33.9 Å². The summed E-state index contributed by atoms with van der Waals surface area (Å²) < 4.78 is 0. The van der Waals surface area contributed by atoms with Gasteiger partial charge >= 0.3 is 5.91 Å². The summed E-state index contributed by atoms with van der Waals surface area (Å²) in [5.41, 5.74) is 3.34. The van der Waals surface area contributed by atoms with Gasteiger partial charge in [0.05, 0.1) is 11.6 Å². The average molecular weight is 405 g/mol. The molecule has 0 bridgehead atoms.